The van der Waals surface area contributed by atoms with Gasteiger partial charge in [0.2, 0.25) is 0 Å². The van der Waals surface area contributed by atoms with Crippen molar-refractivity contribution in [1.29, 1.82) is 0 Å². The third kappa shape index (κ3) is 6.08. The number of hydrogen-bond donors (Lipinski definition) is 1. The summed E-state index contributed by atoms with van der Waals surface area (Å²) < 4.78 is 28.7. The molecule has 0 fully saturated rings. The van der Waals surface area contributed by atoms with Crippen molar-refractivity contribution in [2.75, 3.05) is 23.1 Å². The van der Waals surface area contributed by atoms with Gasteiger partial charge in [0.1, 0.15) is 5.75 Å². The number of sulfone groups is 1. The molecule has 3 rings (SSSR count). The minimum absolute atomic E-state index is 0.0587. The van der Waals surface area contributed by atoms with Crippen LogP contribution in [0.4, 0.5) is 17.1 Å². The van der Waals surface area contributed by atoms with Crippen LogP contribution in [0.1, 0.15) is 13.8 Å². The molecule has 0 bridgehead atoms. The number of hydrogen-bond acceptors (Lipinski definition) is 5. The van der Waals surface area contributed by atoms with Crippen molar-refractivity contribution in [3.8, 4) is 5.75 Å². The van der Waals surface area contributed by atoms with Crippen LogP contribution in [-0.2, 0) is 14.6 Å². The predicted molar refractivity (Wildman–Crippen MR) is 124 cm³/mol. The van der Waals surface area contributed by atoms with Gasteiger partial charge in [-0.25, -0.2) is 8.42 Å². The van der Waals surface area contributed by atoms with E-state index in [4.69, 9.17) is 4.74 Å². The molecule has 0 heterocycles. The highest BCUT2D eigenvalue weighted by Crippen LogP contribution is 2.23. The van der Waals surface area contributed by atoms with Crippen LogP contribution in [-0.4, -0.2) is 33.2 Å². The van der Waals surface area contributed by atoms with Gasteiger partial charge in [0.15, 0.2) is 16.4 Å². The number of anilines is 3. The lowest BCUT2D eigenvalue weighted by Gasteiger charge is -2.27. The molecule has 0 aliphatic rings. The van der Waals surface area contributed by atoms with E-state index in [1.54, 1.807) is 17.0 Å². The SMILES string of the molecule is CC(C)N(C(=O)COc1ccc(S(C)(=O)=O)cc1)c1ccc(Nc2ccccc2)cc1. The highest BCUT2D eigenvalue weighted by Gasteiger charge is 2.20. The van der Waals surface area contributed by atoms with Crippen LogP contribution in [0.3, 0.4) is 0 Å². The summed E-state index contributed by atoms with van der Waals surface area (Å²) in [6.07, 6.45) is 1.15. The fourth-order valence-electron chi connectivity index (χ4n) is 3.12. The third-order valence-electron chi connectivity index (χ3n) is 4.61. The van der Waals surface area contributed by atoms with Crippen LogP contribution in [0, 0.1) is 0 Å². The highest BCUT2D eigenvalue weighted by molar-refractivity contribution is 7.90. The van der Waals surface area contributed by atoms with E-state index in [1.165, 1.54) is 12.1 Å². The number of nitrogens with zero attached hydrogens (tertiary/aromatic N) is 1. The molecule has 0 spiro atoms. The molecule has 0 atom stereocenters. The Kier molecular flexibility index (Phi) is 6.97. The van der Waals surface area contributed by atoms with Crippen molar-refractivity contribution in [1.82, 2.24) is 0 Å². The fraction of sp³-hybridized carbons (Fsp3) is 0.208. The molecule has 0 aliphatic carbocycles. The molecular formula is C24H26N2O4S. The van der Waals surface area contributed by atoms with Crippen LogP contribution < -0.4 is 15.0 Å². The monoisotopic (exact) mass is 438 g/mol. The first-order chi connectivity index (χ1) is 14.7. The van der Waals surface area contributed by atoms with Crippen molar-refractivity contribution >= 4 is 32.8 Å². The van der Waals surface area contributed by atoms with Gasteiger partial charge in [-0.15, -0.1) is 0 Å². The van der Waals surface area contributed by atoms with Crippen molar-refractivity contribution in [2.24, 2.45) is 0 Å². The molecule has 31 heavy (non-hydrogen) atoms. The normalized spacial score (nSPS) is 11.2. The Labute approximate surface area is 183 Å². The van der Waals surface area contributed by atoms with E-state index in [0.717, 1.165) is 23.3 Å². The third-order valence-corrected chi connectivity index (χ3v) is 5.74. The number of benzene rings is 3. The Balaban J connectivity index is 1.66. The topological polar surface area (TPSA) is 75.7 Å². The second-order valence-electron chi connectivity index (χ2n) is 7.43. The maximum atomic E-state index is 12.9. The summed E-state index contributed by atoms with van der Waals surface area (Å²) in [5.74, 6) is 0.248. The van der Waals surface area contributed by atoms with Gasteiger partial charge in [-0.05, 0) is 74.5 Å². The summed E-state index contributed by atoms with van der Waals surface area (Å²) in [5, 5.41) is 3.32. The standard InChI is InChI=1S/C24H26N2O4S/c1-18(2)26(21-11-9-20(10-12-21)25-19-7-5-4-6-8-19)24(27)17-30-22-13-15-23(16-14-22)31(3,28)29/h4-16,18,25H,17H2,1-3H3. The van der Waals surface area contributed by atoms with E-state index in [1.807, 2.05) is 68.4 Å². The molecule has 6 nitrogen and oxygen atoms in total. The summed E-state index contributed by atoms with van der Waals surface area (Å²) in [7, 11) is -3.27. The van der Waals surface area contributed by atoms with Crippen molar-refractivity contribution < 1.29 is 17.9 Å². The molecule has 0 saturated heterocycles. The van der Waals surface area contributed by atoms with Crippen molar-refractivity contribution in [3.63, 3.8) is 0 Å². The first kappa shape index (κ1) is 22.4. The number of carbonyl (C=O) groups is 1. The molecule has 0 aromatic heterocycles. The largest absolute Gasteiger partial charge is 0.484 e. The first-order valence-corrected chi connectivity index (χ1v) is 11.8. The maximum absolute atomic E-state index is 12.9. The number of nitrogens with one attached hydrogen (secondary N) is 1. The van der Waals surface area contributed by atoms with E-state index >= 15 is 0 Å². The van der Waals surface area contributed by atoms with E-state index in [0.29, 0.717) is 5.75 Å². The maximum Gasteiger partial charge on any atom is 0.265 e. The zero-order valence-corrected chi connectivity index (χ0v) is 18.6. The lowest BCUT2D eigenvalue weighted by molar-refractivity contribution is -0.120. The summed E-state index contributed by atoms with van der Waals surface area (Å²) in [4.78, 5) is 14.7. The average Bonchev–Trinajstić information content (AvgIpc) is 2.74. The number of rotatable bonds is 8. The molecular weight excluding hydrogens is 412 g/mol. The summed E-state index contributed by atoms with van der Waals surface area (Å²) in [5.41, 5.74) is 2.69. The van der Waals surface area contributed by atoms with Gasteiger partial charge in [0, 0.05) is 29.4 Å². The zero-order valence-electron chi connectivity index (χ0n) is 17.8. The Bertz CT molecular complexity index is 1110. The number of amides is 1. The highest BCUT2D eigenvalue weighted by atomic mass is 32.2. The van der Waals surface area contributed by atoms with Crippen LogP contribution in [0.2, 0.25) is 0 Å². The van der Waals surface area contributed by atoms with Gasteiger partial charge in [-0.2, -0.15) is 0 Å². The second-order valence-corrected chi connectivity index (χ2v) is 9.44. The van der Waals surface area contributed by atoms with Crippen molar-refractivity contribution in [2.45, 2.75) is 24.8 Å². The summed E-state index contributed by atoms with van der Waals surface area (Å²) >= 11 is 0. The molecule has 0 saturated carbocycles. The molecule has 1 N–H and O–H groups in total. The molecule has 3 aromatic rings. The van der Waals surface area contributed by atoms with Gasteiger partial charge in [-0.1, -0.05) is 18.2 Å². The lowest BCUT2D eigenvalue weighted by Crippen LogP contribution is -2.40. The van der Waals surface area contributed by atoms with Crippen LogP contribution in [0.15, 0.2) is 83.8 Å². The van der Waals surface area contributed by atoms with Gasteiger partial charge in [0.25, 0.3) is 5.91 Å². The van der Waals surface area contributed by atoms with Gasteiger partial charge >= 0.3 is 0 Å². The van der Waals surface area contributed by atoms with Gasteiger partial charge in [-0.3, -0.25) is 4.79 Å². The first-order valence-electron chi connectivity index (χ1n) is 9.91. The molecule has 3 aromatic carbocycles. The van der Waals surface area contributed by atoms with Gasteiger partial charge in [0.05, 0.1) is 4.90 Å². The van der Waals surface area contributed by atoms with E-state index in [9.17, 15) is 13.2 Å². The zero-order chi connectivity index (χ0) is 22.4. The van der Waals surface area contributed by atoms with Crippen molar-refractivity contribution in [3.05, 3.63) is 78.9 Å². The smallest absolute Gasteiger partial charge is 0.265 e. The Hall–Kier alpha value is -3.32. The predicted octanol–water partition coefficient (Wildman–Crippen LogP) is 4.65. The van der Waals surface area contributed by atoms with Crippen LogP contribution >= 0.6 is 0 Å². The van der Waals surface area contributed by atoms with Crippen LogP contribution in [0.5, 0.6) is 5.75 Å². The minimum Gasteiger partial charge on any atom is -0.484 e. The Morgan fingerprint density at radius 2 is 1.48 bits per heavy atom. The van der Waals surface area contributed by atoms with Gasteiger partial charge < -0.3 is 15.0 Å². The average molecular weight is 439 g/mol. The quantitative estimate of drug-likeness (QED) is 0.554. The molecule has 1 amide bonds. The molecule has 7 heteroatoms. The number of carbonyl (C=O) groups excluding carboxylic acids is 1. The lowest BCUT2D eigenvalue weighted by atomic mass is 10.2. The summed E-state index contributed by atoms with van der Waals surface area (Å²) in [6.45, 7) is 3.73. The molecule has 162 valence electrons. The minimum atomic E-state index is -3.27. The van der Waals surface area contributed by atoms with E-state index in [-0.39, 0.29) is 23.5 Å². The second kappa shape index (κ2) is 9.66. The Morgan fingerprint density at radius 1 is 0.903 bits per heavy atom. The molecule has 0 unspecified atom stereocenters. The molecule has 0 radical (unpaired) electrons. The number of para-hydroxylation sites is 1. The van der Waals surface area contributed by atoms with E-state index < -0.39 is 9.84 Å². The van der Waals surface area contributed by atoms with Crippen LogP contribution in [0.25, 0.3) is 0 Å². The Morgan fingerprint density at radius 3 is 2.03 bits per heavy atom. The summed E-state index contributed by atoms with van der Waals surface area (Å²) in [6, 6.07) is 23.5. The fourth-order valence-corrected chi connectivity index (χ4v) is 3.75. The van der Waals surface area contributed by atoms with E-state index in [2.05, 4.69) is 5.32 Å². The number of ether oxygens (including phenoxy) is 1. The molecule has 0 aliphatic heterocycles.